The fraction of sp³-hybridized carbons (Fsp3) is 0.611. The molecule has 1 aromatic rings. The maximum absolute atomic E-state index is 12.5. The van der Waals surface area contributed by atoms with Gasteiger partial charge in [-0.2, -0.15) is 0 Å². The van der Waals surface area contributed by atoms with Gasteiger partial charge in [0.1, 0.15) is 0 Å². The van der Waals surface area contributed by atoms with Crippen molar-refractivity contribution in [3.05, 3.63) is 24.3 Å². The van der Waals surface area contributed by atoms with Crippen molar-refractivity contribution in [2.24, 2.45) is 0 Å². The van der Waals surface area contributed by atoms with Crippen LogP contribution in [0, 0.1) is 0 Å². The number of benzene rings is 1. The van der Waals surface area contributed by atoms with E-state index in [4.69, 9.17) is 4.74 Å². The van der Waals surface area contributed by atoms with Gasteiger partial charge in [0.15, 0.2) is 9.84 Å². The van der Waals surface area contributed by atoms with Gasteiger partial charge in [-0.1, -0.05) is 0 Å². The first-order chi connectivity index (χ1) is 12.4. The largest absolute Gasteiger partial charge is 0.449 e. The zero-order chi connectivity index (χ0) is 18.7. The Morgan fingerprint density at radius 3 is 2.38 bits per heavy atom. The van der Waals surface area contributed by atoms with Crippen molar-refractivity contribution in [2.45, 2.75) is 19.4 Å². The van der Waals surface area contributed by atoms with Gasteiger partial charge in [0, 0.05) is 37.6 Å². The average Bonchev–Trinajstić information content (AvgIpc) is 2.96. The molecule has 0 bridgehead atoms. The Balaban J connectivity index is 1.79. The summed E-state index contributed by atoms with van der Waals surface area (Å²) in [4.78, 5) is 18.6. The zero-order valence-corrected chi connectivity index (χ0v) is 16.2. The SMILES string of the molecule is CCOC(=O)N(c1ccc(N2CCN(C)CC2)cc1)C1CCS(=O)(=O)C1. The first-order valence-corrected chi connectivity index (χ1v) is 10.9. The van der Waals surface area contributed by atoms with Crippen LogP contribution in [0.5, 0.6) is 0 Å². The van der Waals surface area contributed by atoms with E-state index < -0.39 is 15.9 Å². The maximum atomic E-state index is 12.5. The fourth-order valence-corrected chi connectivity index (χ4v) is 5.23. The van der Waals surface area contributed by atoms with Gasteiger partial charge in [0.05, 0.1) is 24.2 Å². The molecule has 0 aliphatic carbocycles. The zero-order valence-electron chi connectivity index (χ0n) is 15.4. The third-order valence-electron chi connectivity index (χ3n) is 5.03. The number of hydrogen-bond donors (Lipinski definition) is 0. The molecule has 2 fully saturated rings. The summed E-state index contributed by atoms with van der Waals surface area (Å²) in [6.07, 6.45) is -0.0385. The predicted octanol–water partition coefficient (Wildman–Crippen LogP) is 1.59. The number of carbonyl (C=O) groups is 1. The summed E-state index contributed by atoms with van der Waals surface area (Å²) in [5.41, 5.74) is 1.80. The minimum atomic E-state index is -3.09. The monoisotopic (exact) mass is 381 g/mol. The van der Waals surface area contributed by atoms with Crippen molar-refractivity contribution in [2.75, 3.05) is 61.1 Å². The van der Waals surface area contributed by atoms with Crippen LogP contribution in [-0.2, 0) is 14.6 Å². The van der Waals surface area contributed by atoms with Crippen LogP contribution in [0.15, 0.2) is 24.3 Å². The molecule has 2 saturated heterocycles. The van der Waals surface area contributed by atoms with E-state index in [2.05, 4.69) is 16.8 Å². The van der Waals surface area contributed by atoms with E-state index in [0.717, 1.165) is 31.9 Å². The number of sulfone groups is 1. The van der Waals surface area contributed by atoms with Crippen LogP contribution in [0.25, 0.3) is 0 Å². The third kappa shape index (κ3) is 4.29. The van der Waals surface area contributed by atoms with Crippen molar-refractivity contribution >= 4 is 27.3 Å². The predicted molar refractivity (Wildman–Crippen MR) is 103 cm³/mol. The Morgan fingerprint density at radius 2 is 1.85 bits per heavy atom. The Kier molecular flexibility index (Phi) is 5.72. The first kappa shape index (κ1) is 19.0. The summed E-state index contributed by atoms with van der Waals surface area (Å²) in [5.74, 6) is 0.110. The summed E-state index contributed by atoms with van der Waals surface area (Å²) < 4.78 is 28.9. The lowest BCUT2D eigenvalue weighted by Gasteiger charge is -2.34. The molecule has 1 amide bonds. The Bertz CT molecular complexity index is 727. The Labute approximate surface area is 155 Å². The summed E-state index contributed by atoms with van der Waals surface area (Å²) in [7, 11) is -0.971. The van der Waals surface area contributed by atoms with Gasteiger partial charge in [-0.15, -0.1) is 0 Å². The molecule has 0 N–H and O–H groups in total. The topological polar surface area (TPSA) is 70.2 Å². The van der Waals surface area contributed by atoms with Crippen molar-refractivity contribution in [3.8, 4) is 0 Å². The quantitative estimate of drug-likeness (QED) is 0.789. The second-order valence-electron chi connectivity index (χ2n) is 6.93. The number of anilines is 2. The number of carbonyl (C=O) groups excluding carboxylic acids is 1. The molecule has 144 valence electrons. The maximum Gasteiger partial charge on any atom is 0.414 e. The first-order valence-electron chi connectivity index (χ1n) is 9.09. The summed E-state index contributed by atoms with van der Waals surface area (Å²) in [5, 5.41) is 0. The molecule has 2 aliphatic heterocycles. The van der Waals surface area contributed by atoms with E-state index in [-0.39, 0.29) is 24.2 Å². The third-order valence-corrected chi connectivity index (χ3v) is 6.78. The lowest BCUT2D eigenvalue weighted by Crippen LogP contribution is -2.44. The number of hydrogen-bond acceptors (Lipinski definition) is 6. The van der Waals surface area contributed by atoms with E-state index in [1.807, 2.05) is 24.3 Å². The molecule has 0 spiro atoms. The highest BCUT2D eigenvalue weighted by atomic mass is 32.2. The van der Waals surface area contributed by atoms with Crippen LogP contribution in [0.4, 0.5) is 16.2 Å². The van der Waals surface area contributed by atoms with Gasteiger partial charge in [-0.25, -0.2) is 13.2 Å². The van der Waals surface area contributed by atoms with Crippen molar-refractivity contribution in [1.29, 1.82) is 0 Å². The van der Waals surface area contributed by atoms with E-state index in [1.165, 1.54) is 4.90 Å². The number of amides is 1. The van der Waals surface area contributed by atoms with E-state index in [1.54, 1.807) is 6.92 Å². The van der Waals surface area contributed by atoms with E-state index in [9.17, 15) is 13.2 Å². The van der Waals surface area contributed by atoms with Crippen LogP contribution in [0.1, 0.15) is 13.3 Å². The van der Waals surface area contributed by atoms with Crippen LogP contribution >= 0.6 is 0 Å². The molecular formula is C18H27N3O4S. The van der Waals surface area contributed by atoms with Crippen LogP contribution in [0.2, 0.25) is 0 Å². The second kappa shape index (κ2) is 7.84. The van der Waals surface area contributed by atoms with Crippen LogP contribution in [-0.4, -0.2) is 76.8 Å². The average molecular weight is 381 g/mol. The minimum absolute atomic E-state index is 0.00791. The summed E-state index contributed by atoms with van der Waals surface area (Å²) >= 11 is 0. The molecule has 26 heavy (non-hydrogen) atoms. The van der Waals surface area contributed by atoms with Crippen molar-refractivity contribution in [1.82, 2.24) is 4.90 Å². The lowest BCUT2D eigenvalue weighted by atomic mass is 10.1. The molecule has 0 saturated carbocycles. The highest BCUT2D eigenvalue weighted by Crippen LogP contribution is 2.28. The van der Waals surface area contributed by atoms with E-state index in [0.29, 0.717) is 12.1 Å². The molecule has 3 rings (SSSR count). The molecule has 2 heterocycles. The van der Waals surface area contributed by atoms with Crippen LogP contribution in [0.3, 0.4) is 0 Å². The summed E-state index contributed by atoms with van der Waals surface area (Å²) in [6.45, 7) is 6.00. The highest BCUT2D eigenvalue weighted by Gasteiger charge is 2.36. The molecule has 1 aromatic carbocycles. The minimum Gasteiger partial charge on any atom is -0.449 e. The molecule has 0 radical (unpaired) electrons. The van der Waals surface area contributed by atoms with Gasteiger partial charge >= 0.3 is 6.09 Å². The summed E-state index contributed by atoms with van der Waals surface area (Å²) in [6, 6.07) is 7.39. The molecule has 8 heteroatoms. The normalized spacial score (nSPS) is 23.0. The fourth-order valence-electron chi connectivity index (χ4n) is 3.53. The van der Waals surface area contributed by atoms with Crippen molar-refractivity contribution in [3.63, 3.8) is 0 Å². The van der Waals surface area contributed by atoms with Gasteiger partial charge < -0.3 is 14.5 Å². The number of nitrogens with zero attached hydrogens (tertiary/aromatic N) is 3. The standard InChI is InChI=1S/C18H27N3O4S/c1-3-25-18(22)21(17-8-13-26(23,24)14-17)16-6-4-15(5-7-16)20-11-9-19(2)10-12-20/h4-7,17H,3,8-14H2,1-2H3. The smallest absolute Gasteiger partial charge is 0.414 e. The molecule has 1 unspecified atom stereocenters. The molecular weight excluding hydrogens is 354 g/mol. The highest BCUT2D eigenvalue weighted by molar-refractivity contribution is 7.91. The Hall–Kier alpha value is -1.80. The molecule has 7 nitrogen and oxygen atoms in total. The van der Waals surface area contributed by atoms with Gasteiger partial charge in [0.25, 0.3) is 0 Å². The van der Waals surface area contributed by atoms with Crippen molar-refractivity contribution < 1.29 is 17.9 Å². The number of piperazine rings is 1. The lowest BCUT2D eigenvalue weighted by molar-refractivity contribution is 0.157. The number of likely N-dealkylation sites (N-methyl/N-ethyl adjacent to an activating group) is 1. The van der Waals surface area contributed by atoms with E-state index >= 15 is 0 Å². The van der Waals surface area contributed by atoms with Gasteiger partial charge in [-0.3, -0.25) is 4.90 Å². The second-order valence-corrected chi connectivity index (χ2v) is 9.16. The van der Waals surface area contributed by atoms with Gasteiger partial charge in [0.2, 0.25) is 0 Å². The molecule has 1 atom stereocenters. The number of rotatable bonds is 4. The number of ether oxygens (including phenoxy) is 1. The van der Waals surface area contributed by atoms with Gasteiger partial charge in [-0.05, 0) is 44.7 Å². The molecule has 0 aromatic heterocycles. The van der Waals surface area contributed by atoms with Crippen LogP contribution < -0.4 is 9.80 Å². The molecule has 2 aliphatic rings. The Morgan fingerprint density at radius 1 is 1.19 bits per heavy atom.